The highest BCUT2D eigenvalue weighted by Crippen LogP contribution is 2.43. The number of likely N-dealkylation sites (tertiary alicyclic amines) is 2. The zero-order valence-corrected chi connectivity index (χ0v) is 17.8. The quantitative estimate of drug-likeness (QED) is 0.748. The van der Waals surface area contributed by atoms with Gasteiger partial charge < -0.3 is 9.80 Å². The molecule has 0 spiro atoms. The van der Waals surface area contributed by atoms with Gasteiger partial charge in [0.25, 0.3) is 0 Å². The fraction of sp³-hybridized carbons (Fsp3) is 0.480. The Kier molecular flexibility index (Phi) is 6.02. The molecule has 4 nitrogen and oxygen atoms in total. The number of carbonyl (C=O) groups excluding carboxylic acids is 1. The summed E-state index contributed by atoms with van der Waals surface area (Å²) in [6.07, 6.45) is 1.75. The first-order valence-electron chi connectivity index (χ1n) is 10.9. The second-order valence-corrected chi connectivity index (χ2v) is 8.91. The van der Waals surface area contributed by atoms with Crippen LogP contribution in [0, 0.1) is 11.3 Å². The smallest absolute Gasteiger partial charge is 0.226 e. The van der Waals surface area contributed by atoms with Crippen LogP contribution in [-0.4, -0.2) is 55.5 Å². The molecule has 2 heterocycles. The fourth-order valence-corrected chi connectivity index (χ4v) is 5.34. The second kappa shape index (κ2) is 8.68. The van der Waals surface area contributed by atoms with Crippen LogP contribution in [0.4, 0.5) is 5.69 Å². The van der Waals surface area contributed by atoms with Crippen molar-refractivity contribution in [1.29, 1.82) is 0 Å². The van der Waals surface area contributed by atoms with Crippen LogP contribution in [0.5, 0.6) is 0 Å². The van der Waals surface area contributed by atoms with Crippen molar-refractivity contribution in [3.8, 4) is 0 Å². The lowest BCUT2D eigenvalue weighted by Gasteiger charge is -2.45. The van der Waals surface area contributed by atoms with Crippen LogP contribution in [0.25, 0.3) is 0 Å². The maximum Gasteiger partial charge on any atom is 0.226 e. The van der Waals surface area contributed by atoms with E-state index in [9.17, 15) is 4.79 Å². The van der Waals surface area contributed by atoms with Crippen molar-refractivity contribution in [3.05, 3.63) is 66.2 Å². The summed E-state index contributed by atoms with van der Waals surface area (Å²) in [5.41, 5.74) is 2.53. The lowest BCUT2D eigenvalue weighted by Crippen LogP contribution is -2.54. The first-order valence-corrected chi connectivity index (χ1v) is 10.9. The summed E-state index contributed by atoms with van der Waals surface area (Å²) < 4.78 is 0. The van der Waals surface area contributed by atoms with Crippen LogP contribution in [0.3, 0.4) is 0 Å². The molecule has 0 N–H and O–H groups in total. The van der Waals surface area contributed by atoms with Crippen molar-refractivity contribution in [2.75, 3.05) is 44.7 Å². The third-order valence-electron chi connectivity index (χ3n) is 6.72. The molecule has 2 saturated heterocycles. The highest BCUT2D eigenvalue weighted by atomic mass is 16.2. The van der Waals surface area contributed by atoms with Crippen molar-refractivity contribution in [2.24, 2.45) is 11.3 Å². The Morgan fingerprint density at radius 1 is 1.07 bits per heavy atom. The van der Waals surface area contributed by atoms with Crippen LogP contribution in [0.2, 0.25) is 0 Å². The number of benzene rings is 2. The van der Waals surface area contributed by atoms with Crippen molar-refractivity contribution in [3.63, 3.8) is 0 Å². The average Bonchev–Trinajstić information content (AvgIpc) is 3.09. The van der Waals surface area contributed by atoms with E-state index in [2.05, 4.69) is 64.2 Å². The average molecular weight is 392 g/mol. The largest absolute Gasteiger partial charge is 0.312 e. The van der Waals surface area contributed by atoms with Crippen molar-refractivity contribution in [1.82, 2.24) is 9.80 Å². The molecule has 0 aliphatic carbocycles. The van der Waals surface area contributed by atoms with Crippen LogP contribution in [-0.2, 0) is 11.3 Å². The topological polar surface area (TPSA) is 26.8 Å². The molecule has 29 heavy (non-hydrogen) atoms. The van der Waals surface area contributed by atoms with Gasteiger partial charge in [-0.1, -0.05) is 55.5 Å². The van der Waals surface area contributed by atoms with E-state index in [1.54, 1.807) is 0 Å². The molecule has 2 fully saturated rings. The molecule has 2 aromatic rings. The van der Waals surface area contributed by atoms with Gasteiger partial charge in [-0.25, -0.2) is 0 Å². The normalized spacial score (nSPS) is 25.0. The van der Waals surface area contributed by atoms with Gasteiger partial charge in [-0.2, -0.15) is 0 Å². The maximum atomic E-state index is 12.9. The first kappa shape index (κ1) is 20.1. The van der Waals surface area contributed by atoms with E-state index in [4.69, 9.17) is 0 Å². The fourth-order valence-electron chi connectivity index (χ4n) is 5.34. The lowest BCUT2D eigenvalue weighted by molar-refractivity contribution is -0.118. The van der Waals surface area contributed by atoms with Crippen LogP contribution in [0.15, 0.2) is 60.7 Å². The van der Waals surface area contributed by atoms with E-state index in [0.29, 0.717) is 12.3 Å². The molecular formula is C25H33N3O. The minimum Gasteiger partial charge on any atom is -0.312 e. The van der Waals surface area contributed by atoms with E-state index in [1.807, 2.05) is 25.1 Å². The number of anilines is 1. The summed E-state index contributed by atoms with van der Waals surface area (Å²) in [5.74, 6) is 0.859. The molecule has 4 rings (SSSR count). The number of carbonyl (C=O) groups is 1. The van der Waals surface area contributed by atoms with Crippen molar-refractivity contribution in [2.45, 2.75) is 26.3 Å². The molecule has 2 unspecified atom stereocenters. The number of hydrogen-bond acceptors (Lipinski definition) is 3. The monoisotopic (exact) mass is 391 g/mol. The highest BCUT2D eigenvalue weighted by molar-refractivity contribution is 5.93. The van der Waals surface area contributed by atoms with Gasteiger partial charge in [0.1, 0.15) is 0 Å². The molecule has 154 valence electrons. The summed E-state index contributed by atoms with van der Waals surface area (Å²) in [7, 11) is 2.23. The highest BCUT2D eigenvalue weighted by Gasteiger charge is 2.50. The third kappa shape index (κ3) is 4.39. The van der Waals surface area contributed by atoms with E-state index in [1.165, 1.54) is 12.0 Å². The predicted molar refractivity (Wildman–Crippen MR) is 119 cm³/mol. The minimum absolute atomic E-state index is 0.127. The Labute approximate surface area is 175 Å². The zero-order valence-electron chi connectivity index (χ0n) is 17.8. The molecular weight excluding hydrogens is 358 g/mol. The molecule has 0 bridgehead atoms. The Balaban J connectivity index is 1.59. The van der Waals surface area contributed by atoms with Gasteiger partial charge in [0, 0.05) is 50.2 Å². The van der Waals surface area contributed by atoms with E-state index < -0.39 is 0 Å². The molecule has 1 amide bonds. The van der Waals surface area contributed by atoms with E-state index >= 15 is 0 Å². The number of amides is 1. The zero-order chi connectivity index (χ0) is 20.3. The number of nitrogens with zero attached hydrogens (tertiary/aromatic N) is 3. The Morgan fingerprint density at radius 3 is 2.45 bits per heavy atom. The first-order chi connectivity index (χ1) is 14.1. The van der Waals surface area contributed by atoms with Crippen LogP contribution >= 0.6 is 0 Å². The molecule has 4 heteroatoms. The Hall–Kier alpha value is -2.17. The molecule has 2 aromatic carbocycles. The number of piperidine rings is 1. The molecule has 2 atom stereocenters. The lowest BCUT2D eigenvalue weighted by atomic mass is 9.73. The number of fused-ring (bicyclic) bond motifs is 1. The Bertz CT molecular complexity index is 809. The van der Waals surface area contributed by atoms with E-state index in [0.717, 1.165) is 45.0 Å². The second-order valence-electron chi connectivity index (χ2n) is 8.91. The SMILES string of the molecule is CCC(=O)N(CC12CN(C)CCC1CN(Cc1ccccc1)C2)c1ccccc1. The summed E-state index contributed by atoms with van der Waals surface area (Å²) in [6, 6.07) is 21.0. The van der Waals surface area contributed by atoms with Gasteiger partial charge >= 0.3 is 0 Å². The molecule has 2 aliphatic rings. The molecule has 0 aromatic heterocycles. The maximum absolute atomic E-state index is 12.9. The van der Waals surface area contributed by atoms with Crippen LogP contribution < -0.4 is 4.90 Å². The number of rotatable bonds is 6. The molecule has 0 saturated carbocycles. The summed E-state index contributed by atoms with van der Waals surface area (Å²) in [4.78, 5) is 20.0. The van der Waals surface area contributed by atoms with Gasteiger partial charge in [-0.3, -0.25) is 9.69 Å². The minimum atomic E-state index is 0.127. The van der Waals surface area contributed by atoms with Gasteiger partial charge in [-0.05, 0) is 43.6 Å². The number of para-hydroxylation sites is 1. The third-order valence-corrected chi connectivity index (χ3v) is 6.72. The summed E-state index contributed by atoms with van der Waals surface area (Å²) >= 11 is 0. The van der Waals surface area contributed by atoms with Crippen LogP contribution in [0.1, 0.15) is 25.3 Å². The van der Waals surface area contributed by atoms with Gasteiger partial charge in [0.05, 0.1) is 0 Å². The van der Waals surface area contributed by atoms with Gasteiger partial charge in [0.15, 0.2) is 0 Å². The Morgan fingerprint density at radius 2 is 1.76 bits per heavy atom. The molecule has 0 radical (unpaired) electrons. The molecule has 2 aliphatic heterocycles. The summed E-state index contributed by atoms with van der Waals surface area (Å²) in [5, 5.41) is 0. The van der Waals surface area contributed by atoms with E-state index in [-0.39, 0.29) is 11.3 Å². The van der Waals surface area contributed by atoms with Crippen molar-refractivity contribution < 1.29 is 4.79 Å². The summed E-state index contributed by atoms with van der Waals surface area (Å²) in [6.45, 7) is 8.17. The van der Waals surface area contributed by atoms with Crippen molar-refractivity contribution >= 4 is 11.6 Å². The van der Waals surface area contributed by atoms with Gasteiger partial charge in [0.2, 0.25) is 5.91 Å². The van der Waals surface area contributed by atoms with Gasteiger partial charge in [-0.15, -0.1) is 0 Å². The standard InChI is InChI=1S/C25H33N3O/c1-3-24(29)28(23-12-8-5-9-13-23)20-25-18-26(2)15-14-22(25)17-27(19-25)16-21-10-6-4-7-11-21/h4-13,22H,3,14-20H2,1-2H3. The predicted octanol–water partition coefficient (Wildman–Crippen LogP) is 3.88. The number of hydrogen-bond donors (Lipinski definition) is 0.